The molecule has 6 nitrogen and oxygen atoms in total. The molecule has 0 aromatic carbocycles. The lowest BCUT2D eigenvalue weighted by atomic mass is 10.2. The van der Waals surface area contributed by atoms with E-state index in [1.54, 1.807) is 11.8 Å². The van der Waals surface area contributed by atoms with Crippen molar-refractivity contribution in [2.75, 3.05) is 32.8 Å². The molecule has 0 aromatic heterocycles. The van der Waals surface area contributed by atoms with Gasteiger partial charge in [0.2, 0.25) is 5.91 Å². The Hall–Kier alpha value is -1.14. The van der Waals surface area contributed by atoms with E-state index >= 15 is 0 Å². The number of esters is 1. The molecule has 0 aliphatic rings. The number of hydrogen-bond donors (Lipinski definition) is 2. The predicted molar refractivity (Wildman–Crippen MR) is 72.7 cm³/mol. The summed E-state index contributed by atoms with van der Waals surface area (Å²) >= 11 is 0. The standard InChI is InChI=1S/C13H26N2O4/c1-4-15(5-2)12(17)7-8-14-10-11(16)9-13(18)19-6-3/h11,14,16H,4-10H2,1-3H3. The van der Waals surface area contributed by atoms with Gasteiger partial charge in [-0.3, -0.25) is 9.59 Å². The number of carbonyl (C=O) groups excluding carboxylic acids is 2. The van der Waals surface area contributed by atoms with Gasteiger partial charge in [0.15, 0.2) is 0 Å². The average Bonchev–Trinajstić information content (AvgIpc) is 2.36. The van der Waals surface area contributed by atoms with E-state index in [4.69, 9.17) is 4.74 Å². The van der Waals surface area contributed by atoms with Crippen molar-refractivity contribution in [1.29, 1.82) is 0 Å². The molecule has 0 saturated heterocycles. The number of aliphatic hydroxyl groups is 1. The fourth-order valence-electron chi connectivity index (χ4n) is 1.68. The molecule has 2 N–H and O–H groups in total. The third-order valence-corrected chi connectivity index (χ3v) is 2.72. The summed E-state index contributed by atoms with van der Waals surface area (Å²) in [4.78, 5) is 24.5. The highest BCUT2D eigenvalue weighted by molar-refractivity contribution is 5.76. The monoisotopic (exact) mass is 274 g/mol. The summed E-state index contributed by atoms with van der Waals surface area (Å²) in [6.45, 7) is 8.12. The largest absolute Gasteiger partial charge is 0.466 e. The molecule has 0 radical (unpaired) electrons. The number of rotatable bonds is 10. The first-order valence-corrected chi connectivity index (χ1v) is 6.87. The zero-order valence-electron chi connectivity index (χ0n) is 12.1. The second-order valence-electron chi connectivity index (χ2n) is 4.18. The molecule has 0 fully saturated rings. The number of hydrogen-bond acceptors (Lipinski definition) is 5. The van der Waals surface area contributed by atoms with E-state index < -0.39 is 12.1 Å². The Morgan fingerprint density at radius 1 is 1.26 bits per heavy atom. The topological polar surface area (TPSA) is 78.9 Å². The van der Waals surface area contributed by atoms with E-state index in [2.05, 4.69) is 5.32 Å². The maximum Gasteiger partial charge on any atom is 0.308 e. The summed E-state index contributed by atoms with van der Waals surface area (Å²) in [5.41, 5.74) is 0. The molecule has 1 unspecified atom stereocenters. The number of amides is 1. The molecule has 6 heteroatoms. The van der Waals surface area contributed by atoms with Crippen molar-refractivity contribution < 1.29 is 19.4 Å². The molecule has 0 bridgehead atoms. The van der Waals surface area contributed by atoms with Crippen molar-refractivity contribution in [3.05, 3.63) is 0 Å². The van der Waals surface area contributed by atoms with Gasteiger partial charge in [-0.05, 0) is 20.8 Å². The summed E-state index contributed by atoms with van der Waals surface area (Å²) in [5.74, 6) is -0.312. The normalized spacial score (nSPS) is 12.0. The minimum absolute atomic E-state index is 0.0230. The summed E-state index contributed by atoms with van der Waals surface area (Å²) in [6.07, 6.45) is -0.402. The minimum atomic E-state index is -0.775. The van der Waals surface area contributed by atoms with Gasteiger partial charge in [-0.25, -0.2) is 0 Å². The first kappa shape index (κ1) is 17.9. The quantitative estimate of drug-likeness (QED) is 0.438. The van der Waals surface area contributed by atoms with E-state index in [0.717, 1.165) is 0 Å². The van der Waals surface area contributed by atoms with Gasteiger partial charge in [0.25, 0.3) is 0 Å². The van der Waals surface area contributed by atoms with Crippen LogP contribution in [0.4, 0.5) is 0 Å². The van der Waals surface area contributed by atoms with Crippen LogP contribution in [0.3, 0.4) is 0 Å². The lowest BCUT2D eigenvalue weighted by molar-refractivity contribution is -0.145. The molecule has 0 rings (SSSR count). The van der Waals surface area contributed by atoms with Gasteiger partial charge in [-0.1, -0.05) is 0 Å². The minimum Gasteiger partial charge on any atom is -0.466 e. The molecule has 1 amide bonds. The van der Waals surface area contributed by atoms with E-state index in [0.29, 0.717) is 32.7 Å². The maximum atomic E-state index is 11.7. The van der Waals surface area contributed by atoms with Gasteiger partial charge in [-0.15, -0.1) is 0 Å². The van der Waals surface area contributed by atoms with Crippen LogP contribution in [0, 0.1) is 0 Å². The Bertz CT molecular complexity index is 267. The molecular formula is C13H26N2O4. The number of nitrogens with zero attached hydrogens (tertiary/aromatic N) is 1. The van der Waals surface area contributed by atoms with Crippen molar-refractivity contribution in [2.45, 2.75) is 39.7 Å². The zero-order valence-corrected chi connectivity index (χ0v) is 12.1. The van der Waals surface area contributed by atoms with E-state index in [9.17, 15) is 14.7 Å². The summed E-state index contributed by atoms with van der Waals surface area (Å²) < 4.78 is 4.73. The highest BCUT2D eigenvalue weighted by Gasteiger charge is 2.12. The Balaban J connectivity index is 3.68. The third kappa shape index (κ3) is 8.56. The van der Waals surface area contributed by atoms with Gasteiger partial charge in [0.05, 0.1) is 19.1 Å². The van der Waals surface area contributed by atoms with Crippen LogP contribution in [0.25, 0.3) is 0 Å². The van der Waals surface area contributed by atoms with Crippen LogP contribution in [-0.2, 0) is 14.3 Å². The zero-order chi connectivity index (χ0) is 14.7. The Kier molecular flexibility index (Phi) is 10.1. The van der Waals surface area contributed by atoms with Crippen molar-refractivity contribution in [2.24, 2.45) is 0 Å². The number of nitrogens with one attached hydrogen (secondary N) is 1. The van der Waals surface area contributed by atoms with Crippen molar-refractivity contribution in [1.82, 2.24) is 10.2 Å². The summed E-state index contributed by atoms with van der Waals surface area (Å²) in [6, 6.07) is 0. The number of carbonyl (C=O) groups is 2. The first-order valence-electron chi connectivity index (χ1n) is 6.87. The van der Waals surface area contributed by atoms with E-state index in [1.807, 2.05) is 13.8 Å². The number of aliphatic hydroxyl groups excluding tert-OH is 1. The van der Waals surface area contributed by atoms with Gasteiger partial charge >= 0.3 is 5.97 Å². The molecule has 0 aromatic rings. The first-order chi connectivity index (χ1) is 9.04. The maximum absolute atomic E-state index is 11.7. The van der Waals surface area contributed by atoms with Crippen LogP contribution >= 0.6 is 0 Å². The molecule has 0 aliphatic heterocycles. The van der Waals surface area contributed by atoms with Crippen LogP contribution in [-0.4, -0.2) is 60.8 Å². The van der Waals surface area contributed by atoms with Crippen molar-refractivity contribution >= 4 is 11.9 Å². The molecule has 0 spiro atoms. The summed E-state index contributed by atoms with van der Waals surface area (Å²) in [5, 5.41) is 12.5. The van der Waals surface area contributed by atoms with Crippen LogP contribution in [0.1, 0.15) is 33.6 Å². The van der Waals surface area contributed by atoms with Gasteiger partial charge < -0.3 is 20.1 Å². The molecule has 0 saturated carbocycles. The fraction of sp³-hybridized carbons (Fsp3) is 0.846. The lowest BCUT2D eigenvalue weighted by Crippen LogP contribution is -2.35. The highest BCUT2D eigenvalue weighted by atomic mass is 16.5. The van der Waals surface area contributed by atoms with Crippen LogP contribution in [0.5, 0.6) is 0 Å². The smallest absolute Gasteiger partial charge is 0.308 e. The molecule has 112 valence electrons. The molecular weight excluding hydrogens is 248 g/mol. The molecule has 19 heavy (non-hydrogen) atoms. The highest BCUT2D eigenvalue weighted by Crippen LogP contribution is 1.95. The second-order valence-corrected chi connectivity index (χ2v) is 4.18. The third-order valence-electron chi connectivity index (χ3n) is 2.72. The lowest BCUT2D eigenvalue weighted by Gasteiger charge is -2.18. The Morgan fingerprint density at radius 3 is 2.42 bits per heavy atom. The van der Waals surface area contributed by atoms with E-state index in [-0.39, 0.29) is 18.9 Å². The van der Waals surface area contributed by atoms with Crippen molar-refractivity contribution in [3.8, 4) is 0 Å². The molecule has 1 atom stereocenters. The van der Waals surface area contributed by atoms with E-state index in [1.165, 1.54) is 0 Å². The molecule has 0 aliphatic carbocycles. The number of ether oxygens (including phenoxy) is 1. The SMILES string of the molecule is CCOC(=O)CC(O)CNCCC(=O)N(CC)CC. The second kappa shape index (κ2) is 10.8. The summed E-state index contributed by atoms with van der Waals surface area (Å²) in [7, 11) is 0. The van der Waals surface area contributed by atoms with Crippen molar-refractivity contribution in [3.63, 3.8) is 0 Å². The molecule has 0 heterocycles. The van der Waals surface area contributed by atoms with Crippen LogP contribution < -0.4 is 5.32 Å². The Labute approximate surface area is 115 Å². The van der Waals surface area contributed by atoms with Gasteiger partial charge in [0.1, 0.15) is 0 Å². The predicted octanol–water partition coefficient (Wildman–Crippen LogP) is 0.149. The average molecular weight is 274 g/mol. The van der Waals surface area contributed by atoms with Gasteiger partial charge in [0, 0.05) is 32.6 Å². The van der Waals surface area contributed by atoms with Crippen LogP contribution in [0.15, 0.2) is 0 Å². The van der Waals surface area contributed by atoms with Crippen LogP contribution in [0.2, 0.25) is 0 Å². The Morgan fingerprint density at radius 2 is 1.89 bits per heavy atom. The fourth-order valence-corrected chi connectivity index (χ4v) is 1.68. The van der Waals surface area contributed by atoms with Gasteiger partial charge in [-0.2, -0.15) is 0 Å².